The summed E-state index contributed by atoms with van der Waals surface area (Å²) < 4.78 is 67.5. The third-order valence-electron chi connectivity index (χ3n) is 3.75. The number of aryl methyl sites for hydroxylation is 1. The maximum Gasteiger partial charge on any atom is 0.433 e. The Morgan fingerprint density at radius 3 is 2.60 bits per heavy atom. The monoisotopic (exact) mass is 432 g/mol. The standard InChI is InChI=1S/C18H21F5N6O/c1-11-3-4-13(30-15(19)20)12(9-11)10-28-16(24-2)26-7-8-27-17-25-6-5-14(29-17)18(21,22)23/h3-6,9,15H,7-8,10H2,1-2H3,(H2,24,26,28)(H,25,27,29). The maximum atomic E-state index is 12.7. The second-order valence-electron chi connectivity index (χ2n) is 6.03. The number of benzene rings is 1. The van der Waals surface area contributed by atoms with Gasteiger partial charge in [-0.1, -0.05) is 17.7 Å². The number of aromatic nitrogens is 2. The molecule has 0 aliphatic heterocycles. The Kier molecular flexibility index (Phi) is 8.13. The Labute approximate surface area is 169 Å². The zero-order valence-corrected chi connectivity index (χ0v) is 16.2. The van der Waals surface area contributed by atoms with Crippen LogP contribution in [0.3, 0.4) is 0 Å². The molecule has 0 saturated carbocycles. The minimum Gasteiger partial charge on any atom is -0.434 e. The molecular formula is C18H21F5N6O. The summed E-state index contributed by atoms with van der Waals surface area (Å²) in [6.07, 6.45) is -3.53. The highest BCUT2D eigenvalue weighted by molar-refractivity contribution is 5.79. The molecule has 12 heteroatoms. The van der Waals surface area contributed by atoms with Gasteiger partial charge in [-0.3, -0.25) is 4.99 Å². The molecule has 0 atom stereocenters. The summed E-state index contributed by atoms with van der Waals surface area (Å²) >= 11 is 0. The van der Waals surface area contributed by atoms with Gasteiger partial charge in [0.25, 0.3) is 0 Å². The normalized spacial score (nSPS) is 12.1. The number of rotatable bonds is 8. The summed E-state index contributed by atoms with van der Waals surface area (Å²) in [5.74, 6) is 0.274. The van der Waals surface area contributed by atoms with E-state index in [0.29, 0.717) is 11.5 Å². The summed E-state index contributed by atoms with van der Waals surface area (Å²) in [5, 5.41) is 8.58. The van der Waals surface area contributed by atoms with Gasteiger partial charge < -0.3 is 20.7 Å². The van der Waals surface area contributed by atoms with Crippen molar-refractivity contribution in [2.45, 2.75) is 26.3 Å². The van der Waals surface area contributed by atoms with Crippen LogP contribution in [0.4, 0.5) is 27.9 Å². The number of hydrogen-bond acceptors (Lipinski definition) is 5. The lowest BCUT2D eigenvalue weighted by Gasteiger charge is -2.15. The molecule has 0 radical (unpaired) electrons. The van der Waals surface area contributed by atoms with Crippen molar-refractivity contribution in [3.63, 3.8) is 0 Å². The van der Waals surface area contributed by atoms with Gasteiger partial charge in [0.15, 0.2) is 5.96 Å². The second-order valence-corrected chi connectivity index (χ2v) is 6.03. The van der Waals surface area contributed by atoms with E-state index in [9.17, 15) is 22.0 Å². The van der Waals surface area contributed by atoms with Crippen molar-refractivity contribution in [3.05, 3.63) is 47.3 Å². The third-order valence-corrected chi connectivity index (χ3v) is 3.75. The number of guanidine groups is 1. The highest BCUT2D eigenvalue weighted by atomic mass is 19.4. The Balaban J connectivity index is 1.84. The first kappa shape index (κ1) is 23.1. The van der Waals surface area contributed by atoms with Gasteiger partial charge in [-0.05, 0) is 19.1 Å². The number of hydrogen-bond donors (Lipinski definition) is 3. The lowest BCUT2D eigenvalue weighted by atomic mass is 10.1. The zero-order valence-electron chi connectivity index (χ0n) is 16.2. The summed E-state index contributed by atoms with van der Waals surface area (Å²) in [7, 11) is 1.52. The number of ether oxygens (including phenoxy) is 1. The van der Waals surface area contributed by atoms with Gasteiger partial charge in [-0.2, -0.15) is 22.0 Å². The van der Waals surface area contributed by atoms with Crippen LogP contribution < -0.4 is 20.7 Å². The molecule has 0 bridgehead atoms. The molecule has 164 valence electrons. The Bertz CT molecular complexity index is 859. The number of aliphatic imine (C=N–C) groups is 1. The van der Waals surface area contributed by atoms with E-state index in [-0.39, 0.29) is 31.3 Å². The number of anilines is 1. The van der Waals surface area contributed by atoms with E-state index in [1.54, 1.807) is 12.1 Å². The van der Waals surface area contributed by atoms with E-state index in [0.717, 1.165) is 17.8 Å². The molecular weight excluding hydrogens is 411 g/mol. The van der Waals surface area contributed by atoms with E-state index in [1.807, 2.05) is 6.92 Å². The summed E-state index contributed by atoms with van der Waals surface area (Å²) in [6, 6.07) is 5.63. The van der Waals surface area contributed by atoms with Gasteiger partial charge in [0.1, 0.15) is 11.4 Å². The first-order valence-corrected chi connectivity index (χ1v) is 8.82. The maximum absolute atomic E-state index is 12.7. The van der Waals surface area contributed by atoms with E-state index in [1.165, 1.54) is 13.1 Å². The highest BCUT2D eigenvalue weighted by Gasteiger charge is 2.32. The molecule has 0 aliphatic carbocycles. The smallest absolute Gasteiger partial charge is 0.433 e. The van der Waals surface area contributed by atoms with Crippen LogP contribution in [0.2, 0.25) is 0 Å². The van der Waals surface area contributed by atoms with Crippen LogP contribution in [0.5, 0.6) is 5.75 Å². The highest BCUT2D eigenvalue weighted by Crippen LogP contribution is 2.27. The average Bonchev–Trinajstić information content (AvgIpc) is 2.68. The largest absolute Gasteiger partial charge is 0.434 e. The fourth-order valence-electron chi connectivity index (χ4n) is 2.41. The van der Waals surface area contributed by atoms with Gasteiger partial charge in [0.2, 0.25) is 5.95 Å². The first-order valence-electron chi connectivity index (χ1n) is 8.82. The average molecular weight is 432 g/mol. The van der Waals surface area contributed by atoms with Crippen molar-refractivity contribution in [2.24, 2.45) is 4.99 Å². The van der Waals surface area contributed by atoms with E-state index < -0.39 is 18.5 Å². The predicted octanol–water partition coefficient (Wildman–Crippen LogP) is 3.18. The molecule has 1 aromatic heterocycles. The minimum atomic E-state index is -4.55. The Hall–Kier alpha value is -3.18. The molecule has 7 nitrogen and oxygen atoms in total. The Morgan fingerprint density at radius 2 is 1.93 bits per heavy atom. The van der Waals surface area contributed by atoms with Gasteiger partial charge >= 0.3 is 12.8 Å². The van der Waals surface area contributed by atoms with Crippen molar-refractivity contribution >= 4 is 11.9 Å². The van der Waals surface area contributed by atoms with Crippen molar-refractivity contribution < 1.29 is 26.7 Å². The van der Waals surface area contributed by atoms with Gasteiger partial charge in [0, 0.05) is 38.4 Å². The van der Waals surface area contributed by atoms with E-state index in [4.69, 9.17) is 0 Å². The fraction of sp³-hybridized carbons (Fsp3) is 0.389. The SMILES string of the molecule is CN=C(NCCNc1nccc(C(F)(F)F)n1)NCc1cc(C)ccc1OC(F)F. The van der Waals surface area contributed by atoms with Crippen LogP contribution in [0, 0.1) is 6.92 Å². The van der Waals surface area contributed by atoms with Gasteiger partial charge in [0.05, 0.1) is 0 Å². The topological polar surface area (TPSA) is 83.5 Å². The van der Waals surface area contributed by atoms with Crippen molar-refractivity contribution in [3.8, 4) is 5.75 Å². The first-order chi connectivity index (χ1) is 14.2. The molecule has 0 spiro atoms. The fourth-order valence-corrected chi connectivity index (χ4v) is 2.41. The van der Waals surface area contributed by atoms with Crippen LogP contribution in [0.15, 0.2) is 35.5 Å². The van der Waals surface area contributed by atoms with E-state index in [2.05, 4.69) is 35.6 Å². The molecule has 0 fully saturated rings. The lowest BCUT2D eigenvalue weighted by molar-refractivity contribution is -0.141. The van der Waals surface area contributed by atoms with Crippen molar-refractivity contribution in [2.75, 3.05) is 25.5 Å². The molecule has 0 saturated heterocycles. The number of nitrogens with zero attached hydrogens (tertiary/aromatic N) is 3. The summed E-state index contributed by atoms with van der Waals surface area (Å²) in [4.78, 5) is 11.1. The van der Waals surface area contributed by atoms with Crippen LogP contribution in [-0.4, -0.2) is 42.7 Å². The quantitative estimate of drug-likeness (QED) is 0.257. The third kappa shape index (κ3) is 7.33. The number of nitrogens with one attached hydrogen (secondary N) is 3. The number of halogens is 5. The summed E-state index contributed by atoms with van der Waals surface area (Å²) in [6.45, 7) is -0.439. The second kappa shape index (κ2) is 10.6. The lowest BCUT2D eigenvalue weighted by Crippen LogP contribution is -2.39. The van der Waals surface area contributed by atoms with Crippen molar-refractivity contribution in [1.29, 1.82) is 0 Å². The minimum absolute atomic E-state index is 0.0573. The van der Waals surface area contributed by atoms with E-state index >= 15 is 0 Å². The molecule has 0 aliphatic rings. The molecule has 1 heterocycles. The molecule has 30 heavy (non-hydrogen) atoms. The van der Waals surface area contributed by atoms with Crippen LogP contribution in [0.25, 0.3) is 0 Å². The molecule has 2 rings (SSSR count). The van der Waals surface area contributed by atoms with Gasteiger partial charge in [-0.25, -0.2) is 9.97 Å². The predicted molar refractivity (Wildman–Crippen MR) is 102 cm³/mol. The molecule has 2 aromatic rings. The molecule has 0 amide bonds. The zero-order chi connectivity index (χ0) is 22.1. The molecule has 0 unspecified atom stereocenters. The van der Waals surface area contributed by atoms with Crippen molar-refractivity contribution in [1.82, 2.24) is 20.6 Å². The van der Waals surface area contributed by atoms with Crippen LogP contribution in [-0.2, 0) is 12.7 Å². The molecule has 1 aromatic carbocycles. The number of alkyl halides is 5. The Morgan fingerprint density at radius 1 is 1.17 bits per heavy atom. The van der Waals surface area contributed by atoms with Crippen LogP contribution in [0.1, 0.15) is 16.8 Å². The summed E-state index contributed by atoms with van der Waals surface area (Å²) in [5.41, 5.74) is 0.362. The van der Waals surface area contributed by atoms with Crippen LogP contribution >= 0.6 is 0 Å². The van der Waals surface area contributed by atoms with Gasteiger partial charge in [-0.15, -0.1) is 0 Å². The molecule has 3 N–H and O–H groups in total.